The number of benzene rings is 1. The normalized spacial score (nSPS) is 19.6. The molecule has 122 valence electrons. The van der Waals surface area contributed by atoms with E-state index in [2.05, 4.69) is 5.32 Å². The van der Waals surface area contributed by atoms with Gasteiger partial charge in [-0.15, -0.1) is 0 Å². The first-order valence-corrected chi connectivity index (χ1v) is 9.06. The van der Waals surface area contributed by atoms with Gasteiger partial charge in [0.15, 0.2) is 21.3 Å². The van der Waals surface area contributed by atoms with Gasteiger partial charge in [0, 0.05) is 18.2 Å². The molecule has 1 aliphatic rings. The summed E-state index contributed by atoms with van der Waals surface area (Å²) in [6.07, 6.45) is 0.775. The van der Waals surface area contributed by atoms with Crippen LogP contribution in [0.3, 0.4) is 0 Å². The van der Waals surface area contributed by atoms with E-state index in [1.54, 1.807) is 18.2 Å². The molecular formula is C15H21NO5S. The molecule has 0 aromatic heterocycles. The highest BCUT2D eigenvalue weighted by Crippen LogP contribution is 2.30. The number of amides is 1. The molecule has 1 aromatic rings. The molecule has 1 saturated heterocycles. The van der Waals surface area contributed by atoms with E-state index >= 15 is 0 Å². The number of hydrogen-bond acceptors (Lipinski definition) is 5. The van der Waals surface area contributed by atoms with Gasteiger partial charge in [-0.05, 0) is 31.4 Å². The molecule has 1 atom stereocenters. The summed E-state index contributed by atoms with van der Waals surface area (Å²) in [4.78, 5) is 12.0. The second-order valence-corrected chi connectivity index (χ2v) is 7.55. The average molecular weight is 327 g/mol. The van der Waals surface area contributed by atoms with Gasteiger partial charge in [-0.1, -0.05) is 0 Å². The minimum atomic E-state index is -2.95. The monoisotopic (exact) mass is 327 g/mol. The highest BCUT2D eigenvalue weighted by atomic mass is 32.2. The Labute approximate surface area is 130 Å². The lowest BCUT2D eigenvalue weighted by atomic mass is 10.1. The Bertz CT molecular complexity index is 641. The molecule has 1 amide bonds. The first-order chi connectivity index (χ1) is 10.4. The molecule has 0 spiro atoms. The molecule has 0 unspecified atom stereocenters. The molecule has 1 aliphatic heterocycles. The highest BCUT2D eigenvalue weighted by molar-refractivity contribution is 7.91. The Hall–Kier alpha value is -1.76. The van der Waals surface area contributed by atoms with Crippen molar-refractivity contribution >= 4 is 21.4 Å². The summed E-state index contributed by atoms with van der Waals surface area (Å²) >= 11 is 0. The number of rotatable bonds is 6. The van der Waals surface area contributed by atoms with E-state index in [4.69, 9.17) is 9.47 Å². The van der Waals surface area contributed by atoms with Crippen LogP contribution in [0.2, 0.25) is 0 Å². The largest absolute Gasteiger partial charge is 0.493 e. The number of anilines is 1. The van der Waals surface area contributed by atoms with Crippen molar-refractivity contribution in [1.29, 1.82) is 0 Å². The zero-order chi connectivity index (χ0) is 16.2. The van der Waals surface area contributed by atoms with Gasteiger partial charge >= 0.3 is 0 Å². The van der Waals surface area contributed by atoms with Crippen molar-refractivity contribution in [3.8, 4) is 11.5 Å². The zero-order valence-corrected chi connectivity index (χ0v) is 13.6. The summed E-state index contributed by atoms with van der Waals surface area (Å²) in [5.41, 5.74) is 0.603. The van der Waals surface area contributed by atoms with E-state index in [1.807, 2.05) is 6.92 Å². The van der Waals surface area contributed by atoms with E-state index in [-0.39, 0.29) is 29.8 Å². The first-order valence-electron chi connectivity index (χ1n) is 7.24. The number of carbonyl (C=O) groups excluding carboxylic acids is 1. The highest BCUT2D eigenvalue weighted by Gasteiger charge is 2.29. The van der Waals surface area contributed by atoms with Gasteiger partial charge in [0.05, 0.1) is 25.2 Å². The molecule has 2 rings (SSSR count). The lowest BCUT2D eigenvalue weighted by molar-refractivity contribution is -0.116. The van der Waals surface area contributed by atoms with Crippen LogP contribution in [0.15, 0.2) is 18.2 Å². The zero-order valence-electron chi connectivity index (χ0n) is 12.8. The van der Waals surface area contributed by atoms with Crippen LogP contribution < -0.4 is 14.8 Å². The molecule has 0 aliphatic carbocycles. The fraction of sp³-hybridized carbons (Fsp3) is 0.533. The van der Waals surface area contributed by atoms with Crippen molar-refractivity contribution in [2.24, 2.45) is 5.92 Å². The van der Waals surface area contributed by atoms with Crippen LogP contribution in [0, 0.1) is 5.92 Å². The molecule has 0 bridgehead atoms. The van der Waals surface area contributed by atoms with Crippen LogP contribution in [0.25, 0.3) is 0 Å². The molecule has 1 heterocycles. The van der Waals surface area contributed by atoms with Crippen LogP contribution in [0.5, 0.6) is 11.5 Å². The number of ether oxygens (including phenoxy) is 2. The Kier molecular flexibility index (Phi) is 5.28. The number of methoxy groups -OCH3 is 1. The number of hydrogen-bond donors (Lipinski definition) is 1. The van der Waals surface area contributed by atoms with Gasteiger partial charge in [0.25, 0.3) is 0 Å². The second-order valence-electron chi connectivity index (χ2n) is 5.32. The smallest absolute Gasteiger partial charge is 0.224 e. The summed E-state index contributed by atoms with van der Waals surface area (Å²) in [5, 5.41) is 2.77. The van der Waals surface area contributed by atoms with Gasteiger partial charge in [-0.25, -0.2) is 8.42 Å². The van der Waals surface area contributed by atoms with Crippen molar-refractivity contribution in [2.75, 3.05) is 30.5 Å². The molecule has 1 aromatic carbocycles. The number of nitrogens with one attached hydrogen (secondary N) is 1. The van der Waals surface area contributed by atoms with Gasteiger partial charge in [-0.3, -0.25) is 4.79 Å². The van der Waals surface area contributed by atoms with Crippen LogP contribution in [-0.2, 0) is 14.6 Å². The maximum Gasteiger partial charge on any atom is 0.224 e. The van der Waals surface area contributed by atoms with Crippen molar-refractivity contribution in [2.45, 2.75) is 19.8 Å². The van der Waals surface area contributed by atoms with Crippen molar-refractivity contribution in [1.82, 2.24) is 0 Å². The number of carbonyl (C=O) groups is 1. The summed E-state index contributed by atoms with van der Waals surface area (Å²) in [6.45, 7) is 2.41. The minimum absolute atomic E-state index is 0.0883. The van der Waals surface area contributed by atoms with Crippen molar-refractivity contribution in [3.63, 3.8) is 0 Å². The van der Waals surface area contributed by atoms with Gasteiger partial charge in [0.2, 0.25) is 5.91 Å². The minimum Gasteiger partial charge on any atom is -0.493 e. The summed E-state index contributed by atoms with van der Waals surface area (Å²) in [5.74, 6) is 1.17. The standard InChI is InChI=1S/C15H21NO5S/c1-3-21-13-5-4-12(9-14(13)20-2)16-15(17)8-11-6-7-22(18,19)10-11/h4-5,9,11H,3,6-8,10H2,1-2H3,(H,16,17)/t11-/m1/s1. The fourth-order valence-corrected chi connectivity index (χ4v) is 4.39. The maximum atomic E-state index is 12.0. The quantitative estimate of drug-likeness (QED) is 0.862. The van der Waals surface area contributed by atoms with Crippen molar-refractivity contribution in [3.05, 3.63) is 18.2 Å². The van der Waals surface area contributed by atoms with Gasteiger partial charge < -0.3 is 14.8 Å². The van der Waals surface area contributed by atoms with E-state index in [0.29, 0.717) is 30.2 Å². The predicted octanol–water partition coefficient (Wildman–Crippen LogP) is 1.86. The molecule has 22 heavy (non-hydrogen) atoms. The Morgan fingerprint density at radius 1 is 1.36 bits per heavy atom. The van der Waals surface area contributed by atoms with Gasteiger partial charge in [-0.2, -0.15) is 0 Å². The third-order valence-electron chi connectivity index (χ3n) is 3.55. The molecule has 1 fully saturated rings. The van der Waals surface area contributed by atoms with Crippen LogP contribution in [0.4, 0.5) is 5.69 Å². The number of sulfone groups is 1. The van der Waals surface area contributed by atoms with Crippen LogP contribution in [0.1, 0.15) is 19.8 Å². The SMILES string of the molecule is CCOc1ccc(NC(=O)C[C@H]2CCS(=O)(=O)C2)cc1OC. The van der Waals surface area contributed by atoms with E-state index in [1.165, 1.54) is 7.11 Å². The first kappa shape index (κ1) is 16.6. The third-order valence-corrected chi connectivity index (χ3v) is 5.39. The summed E-state index contributed by atoms with van der Waals surface area (Å²) in [7, 11) is -1.42. The molecule has 7 heteroatoms. The lowest BCUT2D eigenvalue weighted by Crippen LogP contribution is -2.17. The van der Waals surface area contributed by atoms with Crippen LogP contribution >= 0.6 is 0 Å². The second kappa shape index (κ2) is 7.00. The van der Waals surface area contributed by atoms with Gasteiger partial charge in [0.1, 0.15) is 0 Å². The maximum absolute atomic E-state index is 12.0. The molecule has 1 N–H and O–H groups in total. The van der Waals surface area contributed by atoms with E-state index in [9.17, 15) is 13.2 Å². The Balaban J connectivity index is 1.97. The summed E-state index contributed by atoms with van der Waals surface area (Å²) in [6, 6.07) is 5.16. The Morgan fingerprint density at radius 2 is 2.14 bits per heavy atom. The van der Waals surface area contributed by atoms with Crippen molar-refractivity contribution < 1.29 is 22.7 Å². The molecule has 0 radical (unpaired) electrons. The molecular weight excluding hydrogens is 306 g/mol. The summed E-state index contributed by atoms with van der Waals surface area (Å²) < 4.78 is 33.4. The lowest BCUT2D eigenvalue weighted by Gasteiger charge is -2.12. The molecule has 0 saturated carbocycles. The topological polar surface area (TPSA) is 81.7 Å². The fourth-order valence-electron chi connectivity index (χ4n) is 2.53. The van der Waals surface area contributed by atoms with E-state index in [0.717, 1.165) is 0 Å². The van der Waals surface area contributed by atoms with Crippen LogP contribution in [-0.4, -0.2) is 39.5 Å². The Morgan fingerprint density at radius 3 is 2.73 bits per heavy atom. The third kappa shape index (κ3) is 4.37. The average Bonchev–Trinajstić information content (AvgIpc) is 2.79. The molecule has 6 nitrogen and oxygen atoms in total. The predicted molar refractivity (Wildman–Crippen MR) is 84.2 cm³/mol. The van der Waals surface area contributed by atoms with E-state index < -0.39 is 9.84 Å².